The molecule has 0 spiro atoms. The average Bonchev–Trinajstić information content (AvgIpc) is 2.58. The maximum atomic E-state index is 2.26. The Labute approximate surface area is 152 Å². The van der Waals surface area contributed by atoms with Gasteiger partial charge in [0, 0.05) is 0 Å². The van der Waals surface area contributed by atoms with E-state index in [1.807, 2.05) is 41.5 Å². The van der Waals surface area contributed by atoms with Crippen LogP contribution in [0.1, 0.15) is 120 Å². The quantitative estimate of drug-likeness (QED) is 0.293. The summed E-state index contributed by atoms with van der Waals surface area (Å²) in [4.78, 5) is 0. The van der Waals surface area contributed by atoms with E-state index in [9.17, 15) is 0 Å². The Morgan fingerprint density at radius 2 is 0.696 bits per heavy atom. The lowest BCUT2D eigenvalue weighted by atomic mass is 10.1. The minimum atomic E-state index is 1.12. The van der Waals surface area contributed by atoms with Crippen molar-refractivity contribution in [1.29, 1.82) is 0 Å². The Morgan fingerprint density at radius 1 is 0.435 bits per heavy atom. The Kier molecular flexibility index (Phi) is 56.5. The second kappa shape index (κ2) is 37.9. The summed E-state index contributed by atoms with van der Waals surface area (Å²) < 4.78 is 1.12. The molecule has 0 aliphatic rings. The summed E-state index contributed by atoms with van der Waals surface area (Å²) >= 11 is 0. The van der Waals surface area contributed by atoms with Crippen LogP contribution in [0.4, 0.5) is 0 Å². The van der Waals surface area contributed by atoms with E-state index >= 15 is 0 Å². The van der Waals surface area contributed by atoms with Crippen LogP contribution in [0.15, 0.2) is 0 Å². The van der Waals surface area contributed by atoms with Gasteiger partial charge in [-0.25, -0.2) is 0 Å². The topological polar surface area (TPSA) is 0 Å². The second-order valence-electron chi connectivity index (χ2n) is 6.14. The molecule has 1 nitrogen and oxygen atoms in total. The number of rotatable bonds is 9. The van der Waals surface area contributed by atoms with Gasteiger partial charge in [-0.15, -0.1) is 0 Å². The number of unbranched alkanes of at least 4 members (excludes halogenated alkanes) is 7. The predicted octanol–water partition coefficient (Wildman–Crippen LogP) is 8.33. The van der Waals surface area contributed by atoms with Crippen LogP contribution in [-0.4, -0.2) is 32.2 Å². The van der Waals surface area contributed by atoms with Gasteiger partial charge in [-0.05, 0) is 12.8 Å². The molecule has 0 aliphatic carbocycles. The van der Waals surface area contributed by atoms with Gasteiger partial charge in [0.1, 0.15) is 0 Å². The smallest absolute Gasteiger partial charge is 0.0780 e. The zero-order valence-corrected chi connectivity index (χ0v) is 19.5. The molecule has 0 aliphatic heterocycles. The SMILES string of the molecule is CC.CC.CC.CCCCCC.CCCCCCC[N+](C)(C)C. The van der Waals surface area contributed by atoms with Gasteiger partial charge < -0.3 is 4.48 Å². The van der Waals surface area contributed by atoms with Crippen molar-refractivity contribution in [2.75, 3.05) is 27.7 Å². The first kappa shape index (κ1) is 34.3. The van der Waals surface area contributed by atoms with Crippen LogP contribution in [0.25, 0.3) is 0 Å². The fourth-order valence-corrected chi connectivity index (χ4v) is 1.69. The highest BCUT2D eigenvalue weighted by Gasteiger charge is 2.04. The molecule has 1 heteroatoms. The molecule has 0 aromatic carbocycles. The molecule has 0 aromatic heterocycles. The fourth-order valence-electron chi connectivity index (χ4n) is 1.69. The van der Waals surface area contributed by atoms with Gasteiger partial charge in [0.05, 0.1) is 27.7 Å². The van der Waals surface area contributed by atoms with E-state index in [2.05, 4.69) is 41.9 Å². The summed E-state index contributed by atoms with van der Waals surface area (Å²) in [5, 5.41) is 0. The molecule has 0 fully saturated rings. The molecule has 0 radical (unpaired) electrons. The third-order valence-electron chi connectivity index (χ3n) is 2.89. The van der Waals surface area contributed by atoms with E-state index in [0.717, 1.165) is 4.48 Å². The van der Waals surface area contributed by atoms with Crippen molar-refractivity contribution >= 4 is 0 Å². The zero-order chi connectivity index (χ0) is 19.6. The highest BCUT2D eigenvalue weighted by Crippen LogP contribution is 2.04. The van der Waals surface area contributed by atoms with Crippen molar-refractivity contribution in [1.82, 2.24) is 0 Å². The van der Waals surface area contributed by atoms with E-state index in [1.165, 1.54) is 64.3 Å². The fraction of sp³-hybridized carbons (Fsp3) is 1.00. The van der Waals surface area contributed by atoms with Crippen LogP contribution < -0.4 is 0 Å². The minimum absolute atomic E-state index is 1.12. The van der Waals surface area contributed by atoms with Crippen molar-refractivity contribution in [3.63, 3.8) is 0 Å². The van der Waals surface area contributed by atoms with Crippen LogP contribution in [0.2, 0.25) is 0 Å². The molecule has 0 N–H and O–H groups in total. The lowest BCUT2D eigenvalue weighted by Crippen LogP contribution is -2.35. The van der Waals surface area contributed by atoms with E-state index in [0.29, 0.717) is 0 Å². The summed E-state index contributed by atoms with van der Waals surface area (Å²) in [5.74, 6) is 0. The largest absolute Gasteiger partial charge is 0.331 e. The lowest BCUT2D eigenvalue weighted by molar-refractivity contribution is -0.870. The van der Waals surface area contributed by atoms with Gasteiger partial charge in [-0.1, -0.05) is 107 Å². The van der Waals surface area contributed by atoms with Crippen LogP contribution in [0.5, 0.6) is 0 Å². The first-order valence-corrected chi connectivity index (χ1v) is 10.8. The second-order valence-corrected chi connectivity index (χ2v) is 6.14. The molecule has 0 bridgehead atoms. The molecule has 0 atom stereocenters. The number of quaternary nitrogens is 1. The molecular formula is C22H56N+. The van der Waals surface area contributed by atoms with Gasteiger partial charge in [0.15, 0.2) is 0 Å². The Bertz CT molecular complexity index is 120. The van der Waals surface area contributed by atoms with E-state index in [-0.39, 0.29) is 0 Å². The number of hydrogen-bond acceptors (Lipinski definition) is 0. The van der Waals surface area contributed by atoms with Crippen molar-refractivity contribution in [3.8, 4) is 0 Å². The van der Waals surface area contributed by atoms with Gasteiger partial charge in [0.2, 0.25) is 0 Å². The first-order chi connectivity index (χ1) is 11.0. The van der Waals surface area contributed by atoms with Crippen molar-refractivity contribution in [2.24, 2.45) is 0 Å². The monoisotopic (exact) mass is 334 g/mol. The van der Waals surface area contributed by atoms with Crippen LogP contribution >= 0.6 is 0 Å². The molecule has 0 unspecified atom stereocenters. The van der Waals surface area contributed by atoms with Crippen LogP contribution in [0, 0.1) is 0 Å². The molecule has 0 saturated heterocycles. The van der Waals surface area contributed by atoms with Crippen LogP contribution in [0.3, 0.4) is 0 Å². The first-order valence-electron chi connectivity index (χ1n) is 10.8. The minimum Gasteiger partial charge on any atom is -0.331 e. The molecular weight excluding hydrogens is 278 g/mol. The van der Waals surface area contributed by atoms with E-state index in [4.69, 9.17) is 0 Å². The highest BCUT2D eigenvalue weighted by molar-refractivity contribution is 4.41. The third kappa shape index (κ3) is 72.8. The van der Waals surface area contributed by atoms with E-state index in [1.54, 1.807) is 0 Å². The number of nitrogens with zero attached hydrogens (tertiary/aromatic N) is 1. The molecule has 148 valence electrons. The Balaban J connectivity index is -0.0000000762. The summed E-state index contributed by atoms with van der Waals surface area (Å²) in [6.07, 6.45) is 12.5. The van der Waals surface area contributed by atoms with Crippen molar-refractivity contribution < 1.29 is 4.48 Å². The van der Waals surface area contributed by atoms with Gasteiger partial charge in [-0.3, -0.25) is 0 Å². The summed E-state index contributed by atoms with van der Waals surface area (Å²) in [6.45, 7) is 20.1. The van der Waals surface area contributed by atoms with E-state index < -0.39 is 0 Å². The molecule has 0 rings (SSSR count). The normalized spacial score (nSPS) is 8.87. The maximum absolute atomic E-state index is 2.26. The standard InChI is InChI=1S/C10H24N.C6H14.3C2H6/c1-5-6-7-8-9-10-11(2,3)4;1-3-5-6-4-2;3*1-2/h5-10H2,1-4H3;3-6H2,1-2H3;3*1-2H3/q+1;;;;. The Hall–Kier alpha value is -0.0400. The molecule has 0 amide bonds. The van der Waals surface area contributed by atoms with Crippen LogP contribution in [-0.2, 0) is 0 Å². The van der Waals surface area contributed by atoms with Crippen molar-refractivity contribution in [2.45, 2.75) is 120 Å². The molecule has 0 saturated carbocycles. The zero-order valence-electron chi connectivity index (χ0n) is 19.5. The number of hydrogen-bond donors (Lipinski definition) is 0. The predicted molar refractivity (Wildman–Crippen MR) is 116 cm³/mol. The van der Waals surface area contributed by atoms with Crippen molar-refractivity contribution in [3.05, 3.63) is 0 Å². The van der Waals surface area contributed by atoms with Gasteiger partial charge in [0.25, 0.3) is 0 Å². The molecule has 0 aromatic rings. The Morgan fingerprint density at radius 3 is 0.957 bits per heavy atom. The van der Waals surface area contributed by atoms with Gasteiger partial charge >= 0.3 is 0 Å². The summed E-state index contributed by atoms with van der Waals surface area (Å²) in [7, 11) is 6.79. The lowest BCUT2D eigenvalue weighted by Gasteiger charge is -2.23. The highest BCUT2D eigenvalue weighted by atomic mass is 15.3. The maximum Gasteiger partial charge on any atom is 0.0780 e. The third-order valence-corrected chi connectivity index (χ3v) is 2.89. The van der Waals surface area contributed by atoms with Gasteiger partial charge in [-0.2, -0.15) is 0 Å². The molecule has 0 heterocycles. The average molecular weight is 335 g/mol. The summed E-state index contributed by atoms with van der Waals surface area (Å²) in [5.41, 5.74) is 0. The summed E-state index contributed by atoms with van der Waals surface area (Å²) in [6, 6.07) is 0. The molecule has 23 heavy (non-hydrogen) atoms.